The lowest BCUT2D eigenvalue weighted by Crippen LogP contribution is -2.53. The number of likely N-dealkylation sites (tertiary alicyclic amines) is 2. The van der Waals surface area contributed by atoms with Gasteiger partial charge in [-0.2, -0.15) is 0 Å². The fourth-order valence-corrected chi connectivity index (χ4v) is 4.40. The van der Waals surface area contributed by atoms with Crippen molar-refractivity contribution in [3.63, 3.8) is 0 Å². The Balaban J connectivity index is 1.25. The molecule has 1 atom stereocenters. The lowest BCUT2D eigenvalue weighted by molar-refractivity contribution is 0.0993. The molecule has 0 unspecified atom stereocenters. The van der Waals surface area contributed by atoms with Gasteiger partial charge in [0.15, 0.2) is 0 Å². The number of ether oxygens (including phenoxy) is 1. The number of hydrogen-bond donors (Lipinski definition) is 1. The van der Waals surface area contributed by atoms with Gasteiger partial charge in [0.2, 0.25) is 0 Å². The molecule has 3 heterocycles. The summed E-state index contributed by atoms with van der Waals surface area (Å²) in [6.07, 6.45) is 7.12. The van der Waals surface area contributed by atoms with Gasteiger partial charge < -0.3 is 19.9 Å². The summed E-state index contributed by atoms with van der Waals surface area (Å²) in [6.45, 7) is 4.80. The number of piperidine rings is 2. The second-order valence-corrected chi connectivity index (χ2v) is 7.58. The number of nitrogens with one attached hydrogen (secondary N) is 1. The van der Waals surface area contributed by atoms with E-state index in [1.165, 1.54) is 37.9 Å². The van der Waals surface area contributed by atoms with Gasteiger partial charge in [-0.3, -0.25) is 0 Å². The Morgan fingerprint density at radius 3 is 2.60 bits per heavy atom. The molecule has 0 aliphatic carbocycles. The van der Waals surface area contributed by atoms with Crippen molar-refractivity contribution < 1.29 is 9.53 Å². The average Bonchev–Trinajstić information content (AvgIpc) is 2.69. The summed E-state index contributed by atoms with van der Waals surface area (Å²) in [7, 11) is 0. The van der Waals surface area contributed by atoms with Crippen LogP contribution in [0.15, 0.2) is 24.3 Å². The molecular formula is C20H29N3O2. The second-order valence-electron chi connectivity index (χ2n) is 7.58. The van der Waals surface area contributed by atoms with E-state index in [-0.39, 0.29) is 12.1 Å². The topological polar surface area (TPSA) is 44.8 Å². The van der Waals surface area contributed by atoms with E-state index in [0.717, 1.165) is 38.1 Å². The van der Waals surface area contributed by atoms with Crippen LogP contribution >= 0.6 is 0 Å². The quantitative estimate of drug-likeness (QED) is 0.898. The first-order chi connectivity index (χ1) is 12.3. The second kappa shape index (κ2) is 7.65. The van der Waals surface area contributed by atoms with Crippen molar-refractivity contribution in [1.29, 1.82) is 0 Å². The van der Waals surface area contributed by atoms with E-state index < -0.39 is 0 Å². The van der Waals surface area contributed by atoms with Crippen LogP contribution in [0.2, 0.25) is 0 Å². The van der Waals surface area contributed by atoms with Crippen molar-refractivity contribution >= 4 is 6.03 Å². The highest BCUT2D eigenvalue weighted by atomic mass is 16.5. The first-order valence-electron chi connectivity index (χ1n) is 9.80. The molecule has 2 saturated heterocycles. The number of carbonyl (C=O) groups excluding carboxylic acids is 1. The number of urea groups is 1. The molecule has 1 aromatic carbocycles. The van der Waals surface area contributed by atoms with Crippen LogP contribution in [0.4, 0.5) is 4.79 Å². The molecule has 0 spiro atoms. The van der Waals surface area contributed by atoms with Gasteiger partial charge in [-0.25, -0.2) is 4.79 Å². The summed E-state index contributed by atoms with van der Waals surface area (Å²) >= 11 is 0. The normalized spacial score (nSPS) is 25.1. The van der Waals surface area contributed by atoms with Crippen LogP contribution in [-0.4, -0.2) is 60.7 Å². The number of hydrogen-bond acceptors (Lipinski definition) is 3. The Labute approximate surface area is 150 Å². The number of fused-ring (bicyclic) bond motifs is 1. The summed E-state index contributed by atoms with van der Waals surface area (Å²) in [5.74, 6) is 0.954. The zero-order valence-corrected chi connectivity index (χ0v) is 15.0. The third-order valence-corrected chi connectivity index (χ3v) is 5.87. The maximum absolute atomic E-state index is 12.6. The van der Waals surface area contributed by atoms with Crippen LogP contribution in [0, 0.1) is 0 Å². The van der Waals surface area contributed by atoms with Crippen LogP contribution in [-0.2, 0) is 6.42 Å². The van der Waals surface area contributed by atoms with Crippen LogP contribution < -0.4 is 10.1 Å². The number of nitrogens with zero attached hydrogens (tertiary/aromatic N) is 2. The van der Waals surface area contributed by atoms with E-state index in [4.69, 9.17) is 4.74 Å². The summed E-state index contributed by atoms with van der Waals surface area (Å²) in [5, 5.41) is 3.17. The molecule has 1 N–H and O–H groups in total. The van der Waals surface area contributed by atoms with Gasteiger partial charge in [-0.05, 0) is 56.8 Å². The summed E-state index contributed by atoms with van der Waals surface area (Å²) in [4.78, 5) is 17.2. The molecule has 0 saturated carbocycles. The highest BCUT2D eigenvalue weighted by Gasteiger charge is 2.29. The van der Waals surface area contributed by atoms with Crippen molar-refractivity contribution in [3.8, 4) is 5.75 Å². The first-order valence-corrected chi connectivity index (χ1v) is 9.80. The molecule has 3 aliphatic heterocycles. The Morgan fingerprint density at radius 2 is 1.80 bits per heavy atom. The zero-order valence-electron chi connectivity index (χ0n) is 15.0. The third-order valence-electron chi connectivity index (χ3n) is 5.87. The van der Waals surface area contributed by atoms with Crippen LogP contribution in [0.1, 0.15) is 37.7 Å². The van der Waals surface area contributed by atoms with E-state index in [2.05, 4.69) is 16.3 Å². The van der Waals surface area contributed by atoms with Gasteiger partial charge in [0.1, 0.15) is 12.4 Å². The maximum Gasteiger partial charge on any atom is 0.317 e. The molecular weight excluding hydrogens is 314 g/mol. The van der Waals surface area contributed by atoms with Crippen LogP contribution in [0.25, 0.3) is 0 Å². The number of rotatable bonds is 2. The van der Waals surface area contributed by atoms with Gasteiger partial charge in [0.25, 0.3) is 0 Å². The molecule has 4 rings (SSSR count). The van der Waals surface area contributed by atoms with Crippen molar-refractivity contribution in [2.24, 2.45) is 0 Å². The molecule has 5 nitrogen and oxygen atoms in total. The number of carbonyl (C=O) groups is 1. The van der Waals surface area contributed by atoms with Gasteiger partial charge in [-0.15, -0.1) is 0 Å². The average molecular weight is 343 g/mol. The maximum atomic E-state index is 12.6. The number of para-hydroxylation sites is 1. The van der Waals surface area contributed by atoms with Gasteiger partial charge >= 0.3 is 6.03 Å². The van der Waals surface area contributed by atoms with Crippen LogP contribution in [0.3, 0.4) is 0 Å². The molecule has 136 valence electrons. The minimum absolute atomic E-state index is 0.0715. The first kappa shape index (κ1) is 16.7. The minimum Gasteiger partial charge on any atom is -0.491 e. The SMILES string of the molecule is O=C(N[C@H]1COc2ccccc2C1)N1CCC(N2CCCCC2)CC1. The highest BCUT2D eigenvalue weighted by Crippen LogP contribution is 2.24. The monoisotopic (exact) mass is 343 g/mol. The van der Waals surface area contributed by atoms with E-state index in [1.54, 1.807) is 0 Å². The van der Waals surface area contributed by atoms with Crippen LogP contribution in [0.5, 0.6) is 5.75 Å². The van der Waals surface area contributed by atoms with E-state index in [9.17, 15) is 4.79 Å². The molecule has 0 radical (unpaired) electrons. The van der Waals surface area contributed by atoms with Gasteiger partial charge in [0, 0.05) is 19.1 Å². The number of amides is 2. The smallest absolute Gasteiger partial charge is 0.317 e. The fourth-order valence-electron chi connectivity index (χ4n) is 4.40. The standard InChI is InChI=1S/C20H29N3O2/c24-20(21-17-14-16-6-2-3-7-19(16)25-15-17)23-12-8-18(9-13-23)22-10-4-1-5-11-22/h2-3,6-7,17-18H,1,4-5,8-15H2,(H,21,24)/t17-/m1/s1. The predicted molar refractivity (Wildman–Crippen MR) is 98.0 cm³/mol. The largest absolute Gasteiger partial charge is 0.491 e. The summed E-state index contributed by atoms with van der Waals surface area (Å²) in [6, 6.07) is 8.92. The Kier molecular flexibility index (Phi) is 5.11. The highest BCUT2D eigenvalue weighted by molar-refractivity contribution is 5.74. The molecule has 3 aliphatic rings. The van der Waals surface area contributed by atoms with Crippen molar-refractivity contribution in [2.75, 3.05) is 32.8 Å². The van der Waals surface area contributed by atoms with E-state index >= 15 is 0 Å². The molecule has 2 amide bonds. The Morgan fingerprint density at radius 1 is 1.04 bits per heavy atom. The predicted octanol–water partition coefficient (Wildman–Crippen LogP) is 2.65. The molecule has 25 heavy (non-hydrogen) atoms. The van der Waals surface area contributed by atoms with Gasteiger partial charge in [0.05, 0.1) is 6.04 Å². The number of benzene rings is 1. The van der Waals surface area contributed by atoms with E-state index in [0.29, 0.717) is 12.6 Å². The molecule has 2 fully saturated rings. The van der Waals surface area contributed by atoms with Crippen molar-refractivity contribution in [2.45, 2.75) is 50.6 Å². The molecule has 5 heteroatoms. The minimum atomic E-state index is 0.0715. The van der Waals surface area contributed by atoms with Gasteiger partial charge in [-0.1, -0.05) is 24.6 Å². The Bertz CT molecular complexity index is 592. The molecule has 0 bridgehead atoms. The molecule has 1 aromatic rings. The van der Waals surface area contributed by atoms with E-state index in [1.807, 2.05) is 23.1 Å². The fraction of sp³-hybridized carbons (Fsp3) is 0.650. The third kappa shape index (κ3) is 3.92. The lowest BCUT2D eigenvalue weighted by Gasteiger charge is -2.40. The summed E-state index contributed by atoms with van der Waals surface area (Å²) in [5.41, 5.74) is 1.18. The van der Waals surface area contributed by atoms with Crippen molar-refractivity contribution in [3.05, 3.63) is 29.8 Å². The summed E-state index contributed by atoms with van der Waals surface area (Å²) < 4.78 is 5.78. The van der Waals surface area contributed by atoms with Crippen molar-refractivity contribution in [1.82, 2.24) is 15.1 Å². The molecule has 0 aromatic heterocycles. The Hall–Kier alpha value is -1.75. The zero-order chi connectivity index (χ0) is 17.1. The lowest BCUT2D eigenvalue weighted by atomic mass is 10.00.